The SMILES string of the molecule is O=C([O-])c1cc(C(=O)[O-])cc(C(=O)[O-])c1.[V]. The molecule has 0 N–H and O–H groups in total. The minimum absolute atomic E-state index is 0. The summed E-state index contributed by atoms with van der Waals surface area (Å²) in [7, 11) is 0. The van der Waals surface area contributed by atoms with Crippen molar-refractivity contribution in [3.05, 3.63) is 34.9 Å². The summed E-state index contributed by atoms with van der Waals surface area (Å²) in [6, 6.07) is 2.24. The van der Waals surface area contributed by atoms with Crippen LogP contribution in [0.1, 0.15) is 31.1 Å². The van der Waals surface area contributed by atoms with E-state index in [2.05, 4.69) is 0 Å². The van der Waals surface area contributed by atoms with Gasteiger partial charge in [0, 0.05) is 18.6 Å². The quantitative estimate of drug-likeness (QED) is 0.562. The molecule has 7 heteroatoms. The molecule has 83 valence electrons. The first-order chi connectivity index (χ1) is 6.91. The predicted octanol–water partition coefficient (Wildman–Crippen LogP) is -3.23. The summed E-state index contributed by atoms with van der Waals surface area (Å²) >= 11 is 0. The normalized spacial score (nSPS) is 9.00. The van der Waals surface area contributed by atoms with Crippen molar-refractivity contribution in [2.24, 2.45) is 0 Å². The van der Waals surface area contributed by atoms with E-state index in [4.69, 9.17) is 0 Å². The van der Waals surface area contributed by atoms with Gasteiger partial charge in [-0.05, 0) is 34.9 Å². The number of carboxylic acid groups (broad SMARTS) is 3. The number of carbonyl (C=O) groups is 3. The summed E-state index contributed by atoms with van der Waals surface area (Å²) in [5.41, 5.74) is -1.68. The maximum atomic E-state index is 10.4. The second kappa shape index (κ2) is 5.34. The second-order valence-corrected chi connectivity index (χ2v) is 2.66. The molecule has 0 fully saturated rings. The van der Waals surface area contributed by atoms with Crippen LogP contribution >= 0.6 is 0 Å². The van der Waals surface area contributed by atoms with Crippen LogP contribution in [0, 0.1) is 0 Å². The van der Waals surface area contributed by atoms with Gasteiger partial charge in [0.05, 0.1) is 17.9 Å². The van der Waals surface area contributed by atoms with Gasteiger partial charge in [-0.15, -0.1) is 0 Å². The van der Waals surface area contributed by atoms with Gasteiger partial charge in [0.2, 0.25) is 0 Å². The average molecular weight is 258 g/mol. The minimum Gasteiger partial charge on any atom is -0.545 e. The van der Waals surface area contributed by atoms with Crippen molar-refractivity contribution >= 4 is 17.9 Å². The van der Waals surface area contributed by atoms with E-state index in [1.165, 1.54) is 0 Å². The van der Waals surface area contributed by atoms with Crippen LogP contribution < -0.4 is 15.3 Å². The zero-order valence-corrected chi connectivity index (χ0v) is 9.03. The average Bonchev–Trinajstić information content (AvgIpc) is 2.16. The molecule has 0 aliphatic carbocycles. The van der Waals surface area contributed by atoms with Crippen molar-refractivity contribution < 1.29 is 48.3 Å². The van der Waals surface area contributed by atoms with E-state index in [9.17, 15) is 29.7 Å². The van der Waals surface area contributed by atoms with Crippen molar-refractivity contribution in [2.45, 2.75) is 0 Å². The molecule has 1 aromatic rings. The Balaban J connectivity index is 0.00000225. The maximum Gasteiger partial charge on any atom is 0.0715 e. The van der Waals surface area contributed by atoms with Crippen LogP contribution in [-0.2, 0) is 18.6 Å². The summed E-state index contributed by atoms with van der Waals surface area (Å²) in [6.45, 7) is 0. The van der Waals surface area contributed by atoms with Crippen LogP contribution in [0.2, 0.25) is 0 Å². The van der Waals surface area contributed by atoms with E-state index >= 15 is 0 Å². The van der Waals surface area contributed by atoms with Crippen molar-refractivity contribution in [1.82, 2.24) is 0 Å². The number of hydrogen-bond acceptors (Lipinski definition) is 6. The Morgan fingerprint density at radius 1 is 0.688 bits per heavy atom. The van der Waals surface area contributed by atoms with E-state index in [-0.39, 0.29) is 18.6 Å². The van der Waals surface area contributed by atoms with Gasteiger partial charge in [-0.2, -0.15) is 0 Å². The molecule has 1 rings (SSSR count). The van der Waals surface area contributed by atoms with Crippen molar-refractivity contribution in [2.75, 3.05) is 0 Å². The van der Waals surface area contributed by atoms with E-state index in [1.54, 1.807) is 0 Å². The first kappa shape index (κ1) is 14.2. The smallest absolute Gasteiger partial charge is 0.0715 e. The molecule has 1 radical (unpaired) electrons. The summed E-state index contributed by atoms with van der Waals surface area (Å²) in [6.07, 6.45) is 0. The Morgan fingerprint density at radius 2 is 0.875 bits per heavy atom. The molecule has 0 aliphatic rings. The van der Waals surface area contributed by atoms with Gasteiger partial charge in [0.25, 0.3) is 0 Å². The molecule has 0 heterocycles. The van der Waals surface area contributed by atoms with Crippen molar-refractivity contribution in [3.8, 4) is 0 Å². The number of carboxylic acids is 3. The number of aromatic carboxylic acids is 3. The Bertz CT molecular complexity index is 374. The van der Waals surface area contributed by atoms with Crippen LogP contribution in [0.3, 0.4) is 0 Å². The fourth-order valence-electron chi connectivity index (χ4n) is 0.981. The summed E-state index contributed by atoms with van der Waals surface area (Å²) in [4.78, 5) is 31.2. The first-order valence-electron chi connectivity index (χ1n) is 3.71. The van der Waals surface area contributed by atoms with Crippen LogP contribution in [0.25, 0.3) is 0 Å². The minimum atomic E-state index is -1.68. The van der Waals surface area contributed by atoms with Crippen molar-refractivity contribution in [3.63, 3.8) is 0 Å². The Hall–Kier alpha value is -1.79. The van der Waals surface area contributed by atoms with E-state index < -0.39 is 34.6 Å². The van der Waals surface area contributed by atoms with E-state index in [0.717, 1.165) is 18.2 Å². The fraction of sp³-hybridized carbons (Fsp3) is 0. The van der Waals surface area contributed by atoms with Crippen LogP contribution in [0.15, 0.2) is 18.2 Å². The largest absolute Gasteiger partial charge is 0.545 e. The molecule has 0 saturated carbocycles. The second-order valence-electron chi connectivity index (χ2n) is 2.66. The maximum absolute atomic E-state index is 10.4. The number of carbonyl (C=O) groups excluding carboxylic acids is 3. The molecule has 0 aliphatic heterocycles. The third-order valence-corrected chi connectivity index (χ3v) is 1.64. The Morgan fingerprint density at radius 3 is 1.00 bits per heavy atom. The first-order valence-corrected chi connectivity index (χ1v) is 3.71. The number of benzene rings is 1. The molecule has 0 atom stereocenters. The molecule has 0 saturated heterocycles. The Kier molecular flexibility index (Phi) is 4.74. The topological polar surface area (TPSA) is 120 Å². The van der Waals surface area contributed by atoms with E-state index in [1.807, 2.05) is 0 Å². The summed E-state index contributed by atoms with van der Waals surface area (Å²) < 4.78 is 0. The van der Waals surface area contributed by atoms with Gasteiger partial charge in [0.15, 0.2) is 0 Å². The fourth-order valence-corrected chi connectivity index (χ4v) is 0.981. The number of rotatable bonds is 3. The van der Waals surface area contributed by atoms with Crippen LogP contribution in [0.5, 0.6) is 0 Å². The molecule has 0 amide bonds. The van der Waals surface area contributed by atoms with E-state index in [0.29, 0.717) is 0 Å². The molecule has 0 bridgehead atoms. The third kappa shape index (κ3) is 3.11. The van der Waals surface area contributed by atoms with Gasteiger partial charge in [0.1, 0.15) is 0 Å². The third-order valence-electron chi connectivity index (χ3n) is 1.64. The molecular formula is C9H3O6V-3. The zero-order chi connectivity index (χ0) is 11.6. The van der Waals surface area contributed by atoms with Crippen molar-refractivity contribution in [1.29, 1.82) is 0 Å². The standard InChI is InChI=1S/C9H6O6.V/c10-7(11)4-1-5(8(12)13)3-6(2-4)9(14)15;/h1-3H,(H,10,11)(H,12,13)(H,14,15);/p-3. The van der Waals surface area contributed by atoms with Gasteiger partial charge in [-0.25, -0.2) is 0 Å². The molecule has 1 aromatic carbocycles. The van der Waals surface area contributed by atoms with Crippen LogP contribution in [0.4, 0.5) is 0 Å². The van der Waals surface area contributed by atoms with Gasteiger partial charge in [-0.3, -0.25) is 0 Å². The van der Waals surface area contributed by atoms with Gasteiger partial charge in [-0.1, -0.05) is 0 Å². The van der Waals surface area contributed by atoms with Gasteiger partial charge >= 0.3 is 0 Å². The molecule has 0 aromatic heterocycles. The summed E-state index contributed by atoms with van der Waals surface area (Å²) in [5.74, 6) is -5.04. The molecule has 6 nitrogen and oxygen atoms in total. The molecule has 16 heavy (non-hydrogen) atoms. The molecule has 0 spiro atoms. The van der Waals surface area contributed by atoms with Crippen LogP contribution in [-0.4, -0.2) is 17.9 Å². The molecule has 0 unspecified atom stereocenters. The summed E-state index contributed by atoms with van der Waals surface area (Å²) in [5, 5.41) is 31.2. The monoisotopic (exact) mass is 258 g/mol. The Labute approximate surface area is 101 Å². The molecular weight excluding hydrogens is 255 g/mol. The number of hydrogen-bond donors (Lipinski definition) is 0. The predicted molar refractivity (Wildman–Crippen MR) is 39.4 cm³/mol. The van der Waals surface area contributed by atoms with Gasteiger partial charge < -0.3 is 29.7 Å². The zero-order valence-electron chi connectivity index (χ0n) is 7.63.